The van der Waals surface area contributed by atoms with Gasteiger partial charge in [-0.1, -0.05) is 13.8 Å². The molecule has 0 saturated carbocycles. The molecule has 2 fully saturated rings. The average molecular weight is 317 g/mol. The minimum absolute atomic E-state index is 0.451. The highest BCUT2D eigenvalue weighted by Gasteiger charge is 2.35. The van der Waals surface area contributed by atoms with Crippen LogP contribution in [0.5, 0.6) is 0 Å². The van der Waals surface area contributed by atoms with Crippen molar-refractivity contribution in [2.24, 2.45) is 17.8 Å². The Hall–Kier alpha value is -0.170. The van der Waals surface area contributed by atoms with E-state index in [1.165, 1.54) is 0 Å². The van der Waals surface area contributed by atoms with Gasteiger partial charge >= 0.3 is 0 Å². The first-order chi connectivity index (χ1) is 9.95. The maximum absolute atomic E-state index is 12.8. The highest BCUT2D eigenvalue weighted by molar-refractivity contribution is 7.86. The summed E-state index contributed by atoms with van der Waals surface area (Å²) in [5.41, 5.74) is 0. The summed E-state index contributed by atoms with van der Waals surface area (Å²) in [7, 11) is -1.31. The predicted molar refractivity (Wildman–Crippen MR) is 86.3 cm³/mol. The fourth-order valence-electron chi connectivity index (χ4n) is 3.63. The lowest BCUT2D eigenvalue weighted by molar-refractivity contribution is 0.200. The van der Waals surface area contributed by atoms with E-state index >= 15 is 0 Å². The summed E-state index contributed by atoms with van der Waals surface area (Å²) in [5.74, 6) is 1.78. The van der Waals surface area contributed by atoms with Gasteiger partial charge in [0.25, 0.3) is 10.2 Å². The van der Waals surface area contributed by atoms with Crippen molar-refractivity contribution < 1.29 is 8.42 Å². The lowest BCUT2D eigenvalue weighted by Gasteiger charge is -2.39. The molecule has 0 aliphatic carbocycles. The molecule has 0 aromatic rings. The molecule has 21 heavy (non-hydrogen) atoms. The number of nitrogens with zero attached hydrogens (tertiary/aromatic N) is 2. The molecule has 2 aliphatic heterocycles. The Morgan fingerprint density at radius 1 is 1.10 bits per heavy atom. The quantitative estimate of drug-likeness (QED) is 0.837. The van der Waals surface area contributed by atoms with Crippen LogP contribution in [0.1, 0.15) is 39.5 Å². The summed E-state index contributed by atoms with van der Waals surface area (Å²) < 4.78 is 29.0. The molecule has 2 saturated heterocycles. The van der Waals surface area contributed by atoms with Gasteiger partial charge in [-0.25, -0.2) is 0 Å². The molecule has 5 nitrogen and oxygen atoms in total. The van der Waals surface area contributed by atoms with Gasteiger partial charge in [-0.15, -0.1) is 0 Å². The third-order valence-electron chi connectivity index (χ3n) is 5.07. The van der Waals surface area contributed by atoms with Crippen LogP contribution in [0, 0.1) is 17.8 Å². The summed E-state index contributed by atoms with van der Waals surface area (Å²) in [6, 6.07) is 0. The summed E-state index contributed by atoms with van der Waals surface area (Å²) in [6.07, 6.45) is 4.12. The zero-order chi connectivity index (χ0) is 15.5. The van der Waals surface area contributed by atoms with Gasteiger partial charge in [-0.2, -0.15) is 17.0 Å². The predicted octanol–water partition coefficient (Wildman–Crippen LogP) is 1.53. The van der Waals surface area contributed by atoms with E-state index in [0.29, 0.717) is 43.9 Å². The number of hydrogen-bond donors (Lipinski definition) is 1. The van der Waals surface area contributed by atoms with Crippen molar-refractivity contribution in [3.05, 3.63) is 0 Å². The maximum Gasteiger partial charge on any atom is 0.281 e. The number of piperidine rings is 2. The van der Waals surface area contributed by atoms with Crippen LogP contribution in [-0.4, -0.2) is 56.8 Å². The fraction of sp³-hybridized carbons (Fsp3) is 1.00. The Balaban J connectivity index is 1.95. The van der Waals surface area contributed by atoms with E-state index < -0.39 is 10.2 Å². The van der Waals surface area contributed by atoms with Crippen molar-refractivity contribution in [2.45, 2.75) is 39.5 Å². The van der Waals surface area contributed by atoms with Crippen LogP contribution in [0.4, 0.5) is 0 Å². The molecule has 0 aromatic carbocycles. The van der Waals surface area contributed by atoms with Crippen molar-refractivity contribution in [3.63, 3.8) is 0 Å². The number of nitrogens with one attached hydrogen (secondary N) is 1. The molecule has 6 heteroatoms. The standard InChI is InChI=1S/C15H31N3O2S/c1-13(2)15-6-9-17(10-7-15)21(19,20)18-8-4-5-14(12-18)11-16-3/h13-16H,4-12H2,1-3H3. The molecule has 0 amide bonds. The molecule has 0 aromatic heterocycles. The Bertz CT molecular complexity index is 415. The van der Waals surface area contributed by atoms with E-state index in [-0.39, 0.29) is 0 Å². The smallest absolute Gasteiger partial charge is 0.281 e. The van der Waals surface area contributed by atoms with Crippen LogP contribution in [0.3, 0.4) is 0 Å². The molecule has 0 spiro atoms. The molecule has 1 unspecified atom stereocenters. The van der Waals surface area contributed by atoms with Gasteiger partial charge in [0.1, 0.15) is 0 Å². The molecule has 1 atom stereocenters. The van der Waals surface area contributed by atoms with E-state index in [1.54, 1.807) is 8.61 Å². The van der Waals surface area contributed by atoms with E-state index in [9.17, 15) is 8.42 Å². The summed E-state index contributed by atoms with van der Waals surface area (Å²) in [4.78, 5) is 0. The summed E-state index contributed by atoms with van der Waals surface area (Å²) in [5, 5.41) is 3.17. The Kier molecular flexibility index (Phi) is 6.05. The minimum atomic E-state index is -3.25. The van der Waals surface area contributed by atoms with Crippen molar-refractivity contribution in [1.29, 1.82) is 0 Å². The molecular weight excluding hydrogens is 286 g/mol. The minimum Gasteiger partial charge on any atom is -0.319 e. The van der Waals surface area contributed by atoms with Crippen LogP contribution >= 0.6 is 0 Å². The van der Waals surface area contributed by atoms with Gasteiger partial charge < -0.3 is 5.32 Å². The Morgan fingerprint density at radius 3 is 2.33 bits per heavy atom. The van der Waals surface area contributed by atoms with E-state index in [2.05, 4.69) is 19.2 Å². The second-order valence-electron chi connectivity index (χ2n) is 6.91. The van der Waals surface area contributed by atoms with Crippen LogP contribution < -0.4 is 5.32 Å². The fourth-order valence-corrected chi connectivity index (χ4v) is 5.39. The van der Waals surface area contributed by atoms with Crippen LogP contribution in [-0.2, 0) is 10.2 Å². The van der Waals surface area contributed by atoms with Gasteiger partial charge in [-0.3, -0.25) is 0 Å². The van der Waals surface area contributed by atoms with E-state index in [1.807, 2.05) is 7.05 Å². The summed E-state index contributed by atoms with van der Waals surface area (Å²) >= 11 is 0. The second-order valence-corrected chi connectivity index (χ2v) is 8.84. The molecule has 2 aliphatic rings. The molecule has 0 bridgehead atoms. The molecule has 1 N–H and O–H groups in total. The van der Waals surface area contributed by atoms with Gasteiger partial charge in [0.15, 0.2) is 0 Å². The number of hydrogen-bond acceptors (Lipinski definition) is 3. The van der Waals surface area contributed by atoms with E-state index in [0.717, 1.165) is 32.2 Å². The Labute approximate surface area is 130 Å². The van der Waals surface area contributed by atoms with Crippen molar-refractivity contribution in [2.75, 3.05) is 39.8 Å². The second kappa shape index (κ2) is 7.40. The highest BCUT2D eigenvalue weighted by Crippen LogP contribution is 2.28. The Morgan fingerprint density at radius 2 is 1.76 bits per heavy atom. The third-order valence-corrected chi connectivity index (χ3v) is 7.07. The van der Waals surface area contributed by atoms with Crippen LogP contribution in [0.2, 0.25) is 0 Å². The lowest BCUT2D eigenvalue weighted by atomic mass is 9.87. The zero-order valence-electron chi connectivity index (χ0n) is 13.7. The summed E-state index contributed by atoms with van der Waals surface area (Å²) in [6.45, 7) is 8.13. The third kappa shape index (κ3) is 4.18. The van der Waals surface area contributed by atoms with Crippen molar-refractivity contribution in [1.82, 2.24) is 13.9 Å². The molecule has 0 radical (unpaired) electrons. The van der Waals surface area contributed by atoms with E-state index in [4.69, 9.17) is 0 Å². The topological polar surface area (TPSA) is 52.7 Å². The first kappa shape index (κ1) is 17.2. The van der Waals surface area contributed by atoms with Gasteiger partial charge in [-0.05, 0) is 57.0 Å². The van der Waals surface area contributed by atoms with Crippen molar-refractivity contribution >= 4 is 10.2 Å². The number of rotatable bonds is 5. The normalized spacial score (nSPS) is 27.3. The zero-order valence-corrected chi connectivity index (χ0v) is 14.5. The monoisotopic (exact) mass is 317 g/mol. The van der Waals surface area contributed by atoms with Crippen LogP contribution in [0.15, 0.2) is 0 Å². The van der Waals surface area contributed by atoms with Crippen LogP contribution in [0.25, 0.3) is 0 Å². The van der Waals surface area contributed by atoms with Gasteiger partial charge in [0.05, 0.1) is 0 Å². The first-order valence-electron chi connectivity index (χ1n) is 8.35. The van der Waals surface area contributed by atoms with Gasteiger partial charge in [0, 0.05) is 26.2 Å². The SMILES string of the molecule is CNCC1CCCN(S(=O)(=O)N2CCC(C(C)C)CC2)C1. The van der Waals surface area contributed by atoms with Crippen molar-refractivity contribution in [3.8, 4) is 0 Å². The molecule has 2 heterocycles. The maximum atomic E-state index is 12.8. The highest BCUT2D eigenvalue weighted by atomic mass is 32.2. The largest absolute Gasteiger partial charge is 0.319 e. The first-order valence-corrected chi connectivity index (χ1v) is 9.74. The molecule has 2 rings (SSSR count). The lowest BCUT2D eigenvalue weighted by Crippen LogP contribution is -2.51. The molecule has 124 valence electrons. The van der Waals surface area contributed by atoms with Gasteiger partial charge in [0.2, 0.25) is 0 Å². The average Bonchev–Trinajstić information content (AvgIpc) is 2.48. The molecular formula is C15H31N3O2S.